The Morgan fingerprint density at radius 3 is 2.78 bits per heavy atom. The second kappa shape index (κ2) is 7.16. The van der Waals surface area contributed by atoms with Gasteiger partial charge < -0.3 is 15.0 Å². The molecule has 18 heavy (non-hydrogen) atoms. The molecular weight excluding hydrogens is 248 g/mol. The summed E-state index contributed by atoms with van der Waals surface area (Å²) in [4.78, 5) is 14.4. The lowest BCUT2D eigenvalue weighted by atomic mass is 10.2. The highest BCUT2D eigenvalue weighted by atomic mass is 32.2. The molecule has 0 aliphatic carbocycles. The van der Waals surface area contributed by atoms with Crippen LogP contribution >= 0.6 is 11.8 Å². The first-order chi connectivity index (χ1) is 8.62. The maximum Gasteiger partial charge on any atom is 0.317 e. The number of amides is 2. The molecule has 5 heteroatoms. The van der Waals surface area contributed by atoms with Crippen molar-refractivity contribution in [1.82, 2.24) is 10.2 Å². The molecule has 0 aromatic heterocycles. The smallest absolute Gasteiger partial charge is 0.317 e. The van der Waals surface area contributed by atoms with Crippen LogP contribution in [-0.4, -0.2) is 37.9 Å². The predicted molar refractivity (Wildman–Crippen MR) is 75.3 cm³/mol. The van der Waals surface area contributed by atoms with Gasteiger partial charge in [-0.2, -0.15) is 0 Å². The van der Waals surface area contributed by atoms with Crippen LogP contribution in [0.2, 0.25) is 0 Å². The van der Waals surface area contributed by atoms with E-state index >= 15 is 0 Å². The number of nitrogens with one attached hydrogen (secondary N) is 1. The van der Waals surface area contributed by atoms with Crippen molar-refractivity contribution in [1.29, 1.82) is 0 Å². The lowest BCUT2D eigenvalue weighted by Crippen LogP contribution is -2.36. The van der Waals surface area contributed by atoms with Gasteiger partial charge in [0.2, 0.25) is 0 Å². The fourth-order valence-electron chi connectivity index (χ4n) is 1.61. The zero-order valence-electron chi connectivity index (χ0n) is 11.3. The zero-order valence-corrected chi connectivity index (χ0v) is 12.1. The number of carbonyl (C=O) groups excluding carboxylic acids is 1. The average molecular weight is 268 g/mol. The van der Waals surface area contributed by atoms with Gasteiger partial charge in [0, 0.05) is 25.0 Å². The fraction of sp³-hybridized carbons (Fsp3) is 0.462. The largest absolute Gasteiger partial charge is 0.496 e. The Bertz CT molecular complexity index is 410. The van der Waals surface area contributed by atoms with E-state index in [1.807, 2.05) is 31.4 Å². The van der Waals surface area contributed by atoms with Crippen LogP contribution in [-0.2, 0) is 6.54 Å². The molecule has 1 N–H and O–H groups in total. The SMILES string of the molecule is CCNC(=O)N(C)Cc1ccc(SC)c(OC)c1. The summed E-state index contributed by atoms with van der Waals surface area (Å²) < 4.78 is 5.33. The first kappa shape index (κ1) is 14.7. The van der Waals surface area contributed by atoms with Gasteiger partial charge in [-0.1, -0.05) is 6.07 Å². The third-order valence-electron chi connectivity index (χ3n) is 2.54. The summed E-state index contributed by atoms with van der Waals surface area (Å²) in [7, 11) is 3.44. The number of hydrogen-bond donors (Lipinski definition) is 1. The van der Waals surface area contributed by atoms with Gasteiger partial charge in [0.15, 0.2) is 0 Å². The lowest BCUT2D eigenvalue weighted by Gasteiger charge is -2.18. The quantitative estimate of drug-likeness (QED) is 0.835. The lowest BCUT2D eigenvalue weighted by molar-refractivity contribution is 0.207. The number of urea groups is 1. The number of rotatable bonds is 5. The van der Waals surface area contributed by atoms with E-state index in [1.54, 1.807) is 30.8 Å². The van der Waals surface area contributed by atoms with Crippen LogP contribution in [0.15, 0.2) is 23.1 Å². The average Bonchev–Trinajstić information content (AvgIpc) is 2.38. The van der Waals surface area contributed by atoms with Crippen LogP contribution in [0.1, 0.15) is 12.5 Å². The monoisotopic (exact) mass is 268 g/mol. The molecule has 1 aromatic carbocycles. The Kier molecular flexibility index (Phi) is 5.85. The molecule has 0 radical (unpaired) electrons. The molecule has 0 heterocycles. The minimum Gasteiger partial charge on any atom is -0.496 e. The molecule has 4 nitrogen and oxygen atoms in total. The number of benzene rings is 1. The first-order valence-corrected chi connectivity index (χ1v) is 7.04. The molecule has 0 aliphatic rings. The molecule has 0 fully saturated rings. The Balaban J connectivity index is 2.76. The standard InChI is InChI=1S/C13H20N2O2S/c1-5-14-13(16)15(2)9-10-6-7-12(18-4)11(8-10)17-3/h6-8H,5,9H2,1-4H3,(H,14,16). The number of thioether (sulfide) groups is 1. The highest BCUT2D eigenvalue weighted by Gasteiger charge is 2.09. The molecule has 0 bridgehead atoms. The minimum absolute atomic E-state index is 0.0644. The maximum atomic E-state index is 11.6. The topological polar surface area (TPSA) is 41.6 Å². The van der Waals surface area contributed by atoms with E-state index < -0.39 is 0 Å². The second-order valence-electron chi connectivity index (χ2n) is 3.88. The predicted octanol–water partition coefficient (Wildman–Crippen LogP) is 2.58. The van der Waals surface area contributed by atoms with Crippen molar-refractivity contribution >= 4 is 17.8 Å². The fourth-order valence-corrected chi connectivity index (χ4v) is 2.16. The number of nitrogens with zero attached hydrogens (tertiary/aromatic N) is 1. The molecule has 100 valence electrons. The van der Waals surface area contributed by atoms with Crippen molar-refractivity contribution < 1.29 is 9.53 Å². The van der Waals surface area contributed by atoms with Gasteiger partial charge in [0.05, 0.1) is 7.11 Å². The van der Waals surface area contributed by atoms with Gasteiger partial charge in [-0.25, -0.2) is 4.79 Å². The van der Waals surface area contributed by atoms with E-state index in [2.05, 4.69) is 5.32 Å². The minimum atomic E-state index is -0.0644. The van der Waals surface area contributed by atoms with Gasteiger partial charge in [-0.15, -0.1) is 11.8 Å². The van der Waals surface area contributed by atoms with E-state index in [9.17, 15) is 4.79 Å². The molecule has 2 amide bonds. The summed E-state index contributed by atoms with van der Waals surface area (Å²) in [6.07, 6.45) is 2.01. The highest BCUT2D eigenvalue weighted by molar-refractivity contribution is 7.98. The van der Waals surface area contributed by atoms with E-state index in [4.69, 9.17) is 4.74 Å². The molecule has 0 saturated carbocycles. The van der Waals surface area contributed by atoms with E-state index in [-0.39, 0.29) is 6.03 Å². The van der Waals surface area contributed by atoms with E-state index in [1.165, 1.54) is 0 Å². The molecule has 0 spiro atoms. The van der Waals surface area contributed by atoms with Crippen molar-refractivity contribution in [3.8, 4) is 5.75 Å². The van der Waals surface area contributed by atoms with E-state index in [0.717, 1.165) is 16.2 Å². The van der Waals surface area contributed by atoms with E-state index in [0.29, 0.717) is 13.1 Å². The number of methoxy groups -OCH3 is 1. The Morgan fingerprint density at radius 1 is 1.50 bits per heavy atom. The second-order valence-corrected chi connectivity index (χ2v) is 4.73. The Hall–Kier alpha value is -1.36. The highest BCUT2D eigenvalue weighted by Crippen LogP contribution is 2.28. The molecule has 0 atom stereocenters. The Labute approximate surface area is 113 Å². The van der Waals surface area contributed by atoms with Crippen LogP contribution in [0.3, 0.4) is 0 Å². The molecule has 0 saturated heterocycles. The zero-order chi connectivity index (χ0) is 13.5. The van der Waals surface area contributed by atoms with Crippen molar-refractivity contribution in [2.75, 3.05) is 27.0 Å². The molecule has 1 rings (SSSR count). The molecule has 0 unspecified atom stereocenters. The number of ether oxygens (including phenoxy) is 1. The number of carbonyl (C=O) groups is 1. The summed E-state index contributed by atoms with van der Waals surface area (Å²) in [5.41, 5.74) is 1.05. The Morgan fingerprint density at radius 2 is 2.22 bits per heavy atom. The van der Waals surface area contributed by atoms with Crippen molar-refractivity contribution in [3.63, 3.8) is 0 Å². The van der Waals surface area contributed by atoms with Crippen LogP contribution in [0.5, 0.6) is 5.75 Å². The van der Waals surface area contributed by atoms with Crippen LogP contribution in [0.4, 0.5) is 4.79 Å². The summed E-state index contributed by atoms with van der Waals surface area (Å²) in [5.74, 6) is 0.851. The van der Waals surface area contributed by atoms with Gasteiger partial charge >= 0.3 is 6.03 Å². The summed E-state index contributed by atoms with van der Waals surface area (Å²) >= 11 is 1.64. The van der Waals surface area contributed by atoms with Crippen molar-refractivity contribution in [3.05, 3.63) is 23.8 Å². The maximum absolute atomic E-state index is 11.6. The molecule has 0 aliphatic heterocycles. The third kappa shape index (κ3) is 3.84. The van der Waals surface area contributed by atoms with Crippen LogP contribution < -0.4 is 10.1 Å². The molecule has 1 aromatic rings. The van der Waals surface area contributed by atoms with Crippen molar-refractivity contribution in [2.24, 2.45) is 0 Å². The molecular formula is C13H20N2O2S. The summed E-state index contributed by atoms with van der Waals surface area (Å²) in [6, 6.07) is 5.95. The summed E-state index contributed by atoms with van der Waals surface area (Å²) in [5, 5.41) is 2.77. The summed E-state index contributed by atoms with van der Waals surface area (Å²) in [6.45, 7) is 3.11. The normalized spacial score (nSPS) is 10.0. The van der Waals surface area contributed by atoms with Gasteiger partial charge in [0.25, 0.3) is 0 Å². The van der Waals surface area contributed by atoms with Gasteiger partial charge in [-0.05, 0) is 30.9 Å². The van der Waals surface area contributed by atoms with Gasteiger partial charge in [0.1, 0.15) is 5.75 Å². The van der Waals surface area contributed by atoms with Gasteiger partial charge in [-0.3, -0.25) is 0 Å². The van der Waals surface area contributed by atoms with Crippen LogP contribution in [0, 0.1) is 0 Å². The first-order valence-electron chi connectivity index (χ1n) is 5.82. The third-order valence-corrected chi connectivity index (χ3v) is 3.32. The van der Waals surface area contributed by atoms with Crippen molar-refractivity contribution in [2.45, 2.75) is 18.4 Å². The number of hydrogen-bond acceptors (Lipinski definition) is 3. The van der Waals surface area contributed by atoms with Crippen LogP contribution in [0.25, 0.3) is 0 Å².